The lowest BCUT2D eigenvalue weighted by Gasteiger charge is -2.33. The Morgan fingerprint density at radius 2 is 1.17 bits per heavy atom. The van der Waals surface area contributed by atoms with Crippen LogP contribution in [0.1, 0.15) is 0 Å². The van der Waals surface area contributed by atoms with E-state index in [1.54, 1.807) is 0 Å². The van der Waals surface area contributed by atoms with Crippen LogP contribution in [-0.2, 0) is 0 Å². The summed E-state index contributed by atoms with van der Waals surface area (Å²) < 4.78 is 8.86. The predicted molar refractivity (Wildman–Crippen MR) is 198 cm³/mol. The lowest BCUT2D eigenvalue weighted by molar-refractivity contribution is 0.477. The van der Waals surface area contributed by atoms with Gasteiger partial charge in [0.15, 0.2) is 11.5 Å². The van der Waals surface area contributed by atoms with Gasteiger partial charge in [0.2, 0.25) is 0 Å². The number of para-hydroxylation sites is 5. The van der Waals surface area contributed by atoms with E-state index in [2.05, 4.69) is 138 Å². The molecule has 0 saturated heterocycles. The number of hydrogen-bond acceptors (Lipinski definition) is 4. The van der Waals surface area contributed by atoms with E-state index in [1.165, 1.54) is 47.5 Å². The molecule has 7 aromatic carbocycles. The van der Waals surface area contributed by atoms with Gasteiger partial charge in [0.05, 0.1) is 22.6 Å². The minimum Gasteiger partial charge on any atom is -0.453 e. The lowest BCUT2D eigenvalue weighted by Crippen LogP contribution is -2.15. The van der Waals surface area contributed by atoms with Crippen molar-refractivity contribution in [2.24, 2.45) is 0 Å². The molecule has 3 heterocycles. The minimum absolute atomic E-state index is 0.855. The number of nitrogens with zero attached hydrogens (tertiary/aromatic N) is 2. The van der Waals surface area contributed by atoms with Gasteiger partial charge in [0.25, 0.3) is 0 Å². The van der Waals surface area contributed by atoms with Gasteiger partial charge in [-0.3, -0.25) is 0 Å². The Morgan fingerprint density at radius 3 is 2.00 bits per heavy atom. The average molecular weight is 619 g/mol. The molecular formula is C43H26N2OS. The van der Waals surface area contributed by atoms with Gasteiger partial charge < -0.3 is 9.64 Å². The molecule has 0 unspecified atom stereocenters. The van der Waals surface area contributed by atoms with Crippen LogP contribution in [-0.4, -0.2) is 4.98 Å². The first-order valence-electron chi connectivity index (χ1n) is 15.8. The van der Waals surface area contributed by atoms with Gasteiger partial charge in [0, 0.05) is 47.6 Å². The summed E-state index contributed by atoms with van der Waals surface area (Å²) in [4.78, 5) is 7.45. The van der Waals surface area contributed by atoms with Crippen molar-refractivity contribution in [3.8, 4) is 33.9 Å². The molecule has 0 amide bonds. The number of thiophene rings is 1. The fourth-order valence-corrected chi connectivity index (χ4v) is 8.32. The zero-order chi connectivity index (χ0) is 30.9. The molecule has 220 valence electrons. The molecule has 1 aliphatic rings. The van der Waals surface area contributed by atoms with E-state index in [-0.39, 0.29) is 0 Å². The highest BCUT2D eigenvalue weighted by Gasteiger charge is 2.25. The number of benzene rings is 7. The number of ether oxygens (including phenoxy) is 1. The minimum atomic E-state index is 0.855. The van der Waals surface area contributed by atoms with Crippen molar-refractivity contribution in [1.29, 1.82) is 0 Å². The van der Waals surface area contributed by atoms with Crippen LogP contribution in [0.5, 0.6) is 11.5 Å². The third kappa shape index (κ3) is 4.09. The SMILES string of the molecule is c1ccc(-c2nc3ccccc3c3c2ccc2c4cc(-c5cccc(N6c7ccccc7Oc7ccccc76)c5)ccc4sc23)cc1. The average Bonchev–Trinajstić information content (AvgIpc) is 3.52. The van der Waals surface area contributed by atoms with Crippen LogP contribution in [0.4, 0.5) is 17.1 Å². The summed E-state index contributed by atoms with van der Waals surface area (Å²) in [5, 5.41) is 6.22. The molecular weight excluding hydrogens is 593 g/mol. The second-order valence-electron chi connectivity index (χ2n) is 11.9. The molecule has 0 spiro atoms. The fourth-order valence-electron chi connectivity index (χ4n) is 7.07. The highest BCUT2D eigenvalue weighted by Crippen LogP contribution is 2.51. The van der Waals surface area contributed by atoms with Gasteiger partial charge in [0.1, 0.15) is 0 Å². The van der Waals surface area contributed by atoms with E-state index in [0.29, 0.717) is 0 Å². The smallest absolute Gasteiger partial charge is 0.151 e. The molecule has 4 heteroatoms. The fraction of sp³-hybridized carbons (Fsp3) is 0. The van der Waals surface area contributed by atoms with Crippen molar-refractivity contribution in [2.75, 3.05) is 4.90 Å². The first-order valence-corrected chi connectivity index (χ1v) is 16.6. The number of hydrogen-bond donors (Lipinski definition) is 0. The van der Waals surface area contributed by atoms with Crippen molar-refractivity contribution < 1.29 is 4.74 Å². The number of anilines is 3. The van der Waals surface area contributed by atoms with Crippen LogP contribution >= 0.6 is 11.3 Å². The highest BCUT2D eigenvalue weighted by molar-refractivity contribution is 7.26. The van der Waals surface area contributed by atoms with Crippen molar-refractivity contribution in [2.45, 2.75) is 0 Å². The third-order valence-corrected chi connectivity index (χ3v) is 10.4. The summed E-state index contributed by atoms with van der Waals surface area (Å²) in [5.74, 6) is 1.71. The third-order valence-electron chi connectivity index (χ3n) is 9.22. The molecule has 0 fully saturated rings. The highest BCUT2D eigenvalue weighted by atomic mass is 32.1. The normalized spacial score (nSPS) is 12.4. The van der Waals surface area contributed by atoms with Crippen LogP contribution in [0.15, 0.2) is 158 Å². The molecule has 10 rings (SSSR count). The van der Waals surface area contributed by atoms with E-state index in [4.69, 9.17) is 9.72 Å². The van der Waals surface area contributed by atoms with Crippen LogP contribution in [0.2, 0.25) is 0 Å². The number of rotatable bonds is 3. The Balaban J connectivity index is 1.15. The van der Waals surface area contributed by atoms with E-state index in [1.807, 2.05) is 35.6 Å². The van der Waals surface area contributed by atoms with Crippen molar-refractivity contribution in [3.63, 3.8) is 0 Å². The molecule has 0 N–H and O–H groups in total. The van der Waals surface area contributed by atoms with Gasteiger partial charge >= 0.3 is 0 Å². The van der Waals surface area contributed by atoms with Crippen molar-refractivity contribution in [1.82, 2.24) is 4.98 Å². The van der Waals surface area contributed by atoms with Crippen LogP contribution in [0.25, 0.3) is 64.2 Å². The first-order chi connectivity index (χ1) is 23.3. The van der Waals surface area contributed by atoms with Gasteiger partial charge in [-0.2, -0.15) is 0 Å². The Kier molecular flexibility index (Phi) is 5.74. The molecule has 47 heavy (non-hydrogen) atoms. The Bertz CT molecular complexity index is 2630. The second kappa shape index (κ2) is 10.3. The summed E-state index contributed by atoms with van der Waals surface area (Å²) in [6, 6.07) is 55.8. The zero-order valence-electron chi connectivity index (χ0n) is 25.2. The molecule has 0 saturated carbocycles. The summed E-state index contributed by atoms with van der Waals surface area (Å²) in [6.07, 6.45) is 0. The summed E-state index contributed by atoms with van der Waals surface area (Å²) in [7, 11) is 0. The second-order valence-corrected chi connectivity index (χ2v) is 13.0. The summed E-state index contributed by atoms with van der Waals surface area (Å²) >= 11 is 1.87. The molecule has 0 atom stereocenters. The number of pyridine rings is 1. The predicted octanol–water partition coefficient (Wildman–Crippen LogP) is 12.7. The largest absolute Gasteiger partial charge is 0.453 e. The number of fused-ring (bicyclic) bond motifs is 9. The lowest BCUT2D eigenvalue weighted by atomic mass is 9.97. The van der Waals surface area contributed by atoms with Gasteiger partial charge in [-0.25, -0.2) is 4.98 Å². The molecule has 0 aliphatic carbocycles. The van der Waals surface area contributed by atoms with Crippen LogP contribution in [0, 0.1) is 0 Å². The summed E-state index contributed by atoms with van der Waals surface area (Å²) in [5.41, 5.74) is 8.72. The van der Waals surface area contributed by atoms with E-state index < -0.39 is 0 Å². The first kappa shape index (κ1) is 26.3. The maximum atomic E-state index is 6.27. The van der Waals surface area contributed by atoms with E-state index >= 15 is 0 Å². The Morgan fingerprint density at radius 1 is 0.489 bits per heavy atom. The van der Waals surface area contributed by atoms with Crippen LogP contribution < -0.4 is 9.64 Å². The van der Waals surface area contributed by atoms with Crippen molar-refractivity contribution in [3.05, 3.63) is 158 Å². The molecule has 1 aliphatic heterocycles. The van der Waals surface area contributed by atoms with Crippen molar-refractivity contribution >= 4 is 70.2 Å². The topological polar surface area (TPSA) is 25.4 Å². The maximum absolute atomic E-state index is 6.27. The molecule has 2 aromatic heterocycles. The standard InChI is InChI=1S/C43H26N2OS/c1-2-11-27(12-3-1)42-33-23-22-31-34-26-29(21-24-40(34)47-43(31)41(33)32-15-4-5-16-35(32)44-42)28-13-10-14-30(25-28)45-36-17-6-8-19-38(36)46-39-20-9-7-18-37(39)45/h1-26H. The van der Waals surface area contributed by atoms with Crippen LogP contribution in [0.3, 0.4) is 0 Å². The summed E-state index contributed by atoms with van der Waals surface area (Å²) in [6.45, 7) is 0. The monoisotopic (exact) mass is 618 g/mol. The Labute approximate surface area is 275 Å². The molecule has 0 bridgehead atoms. The van der Waals surface area contributed by atoms with E-state index in [9.17, 15) is 0 Å². The number of aromatic nitrogens is 1. The molecule has 3 nitrogen and oxygen atoms in total. The van der Waals surface area contributed by atoms with E-state index in [0.717, 1.165) is 45.3 Å². The van der Waals surface area contributed by atoms with Gasteiger partial charge in [-0.15, -0.1) is 11.3 Å². The quantitative estimate of drug-likeness (QED) is 0.184. The molecule has 9 aromatic rings. The zero-order valence-corrected chi connectivity index (χ0v) is 26.0. The van der Waals surface area contributed by atoms with Gasteiger partial charge in [-0.05, 0) is 65.7 Å². The van der Waals surface area contributed by atoms with Gasteiger partial charge in [-0.1, -0.05) is 103 Å². The maximum Gasteiger partial charge on any atom is 0.151 e. The molecule has 0 radical (unpaired) electrons. The Hall–Kier alpha value is -5.97.